The number of hydrogen-bond acceptors (Lipinski definition) is 2. The Morgan fingerprint density at radius 1 is 0.273 bits per heavy atom. The Morgan fingerprint density at radius 3 is 1.11 bits per heavy atom. The van der Waals surface area contributed by atoms with Crippen molar-refractivity contribution in [2.45, 2.75) is 5.41 Å². The maximum Gasteiger partial charge on any atom is 0.123 e. The summed E-state index contributed by atoms with van der Waals surface area (Å²) in [6.07, 6.45) is 0. The first-order chi connectivity index (χ1) is 27.1. The van der Waals surface area contributed by atoms with Crippen LogP contribution in [0.1, 0.15) is 22.3 Å². The molecule has 0 amide bonds. The van der Waals surface area contributed by atoms with Crippen LogP contribution in [-0.4, -0.2) is 10.2 Å². The van der Waals surface area contributed by atoms with Gasteiger partial charge in [-0.3, -0.25) is 0 Å². The van der Waals surface area contributed by atoms with Gasteiger partial charge in [0.15, 0.2) is 0 Å². The molecule has 2 heteroatoms. The van der Waals surface area contributed by atoms with Crippen LogP contribution in [-0.2, 0) is 5.41 Å². The summed E-state index contributed by atoms with van der Waals surface area (Å²) in [6.45, 7) is 0. The van der Waals surface area contributed by atoms with Crippen molar-refractivity contribution in [1.29, 1.82) is 0 Å². The molecule has 0 heterocycles. The molecule has 0 radical (unpaired) electrons. The Kier molecular flexibility index (Phi) is 6.80. The molecule has 1 aliphatic rings. The van der Waals surface area contributed by atoms with E-state index >= 15 is 0 Å². The Labute approximate surface area is 318 Å². The Balaban J connectivity index is 1.33. The molecular weight excluding hydrogens is 669 g/mol. The molecule has 2 nitrogen and oxygen atoms in total. The molecule has 11 rings (SSSR count). The van der Waals surface area contributed by atoms with Crippen molar-refractivity contribution < 1.29 is 10.2 Å². The van der Waals surface area contributed by atoms with Crippen LogP contribution in [0, 0.1) is 0 Å². The van der Waals surface area contributed by atoms with Crippen LogP contribution >= 0.6 is 0 Å². The zero-order chi connectivity index (χ0) is 36.7. The zero-order valence-corrected chi connectivity index (χ0v) is 29.9. The molecular formula is C53H34O2. The van der Waals surface area contributed by atoms with Crippen LogP contribution in [0.15, 0.2) is 194 Å². The summed E-state index contributed by atoms with van der Waals surface area (Å²) in [5.41, 5.74) is 10.6. The summed E-state index contributed by atoms with van der Waals surface area (Å²) in [5.74, 6) is 0.495. The topological polar surface area (TPSA) is 40.5 Å². The summed E-state index contributed by atoms with van der Waals surface area (Å²) in [5, 5.41) is 31.0. The van der Waals surface area contributed by atoms with E-state index in [2.05, 4.69) is 158 Å². The summed E-state index contributed by atoms with van der Waals surface area (Å²) >= 11 is 0. The van der Waals surface area contributed by atoms with E-state index < -0.39 is 5.41 Å². The highest BCUT2D eigenvalue weighted by atomic mass is 16.3. The molecule has 0 bridgehead atoms. The first kappa shape index (κ1) is 31.4. The van der Waals surface area contributed by atoms with Gasteiger partial charge in [-0.1, -0.05) is 170 Å². The monoisotopic (exact) mass is 702 g/mol. The summed E-state index contributed by atoms with van der Waals surface area (Å²) < 4.78 is 0. The number of hydrogen-bond donors (Lipinski definition) is 2. The van der Waals surface area contributed by atoms with E-state index in [0.717, 1.165) is 66.1 Å². The quantitative estimate of drug-likeness (QED) is 0.192. The summed E-state index contributed by atoms with van der Waals surface area (Å²) in [4.78, 5) is 0. The highest BCUT2D eigenvalue weighted by molar-refractivity contribution is 6.04. The second-order valence-electron chi connectivity index (χ2n) is 14.7. The third-order valence-corrected chi connectivity index (χ3v) is 11.9. The van der Waals surface area contributed by atoms with E-state index in [4.69, 9.17) is 0 Å². The van der Waals surface area contributed by atoms with Crippen molar-refractivity contribution in [1.82, 2.24) is 0 Å². The van der Waals surface area contributed by atoms with Gasteiger partial charge in [0.05, 0.1) is 5.41 Å². The van der Waals surface area contributed by atoms with Crippen molar-refractivity contribution in [3.63, 3.8) is 0 Å². The number of benzene rings is 10. The van der Waals surface area contributed by atoms with E-state index in [0.29, 0.717) is 0 Å². The average molecular weight is 703 g/mol. The standard InChI is InChI=1S/C53H34O2/c54-51-29-27-47(41-17-5-7-19-45(41)51)53(48-28-30-52(55)46-20-8-6-18-42(46)48)49-31-35(39-21-9-13-33-11-1-3-15-37(33)39)23-25-43(49)44-26-24-36(32-50(44)53)40-22-10-14-34-12-2-4-16-38(34)40/h1-32,54-55H. The highest BCUT2D eigenvalue weighted by Gasteiger charge is 2.48. The predicted molar refractivity (Wildman–Crippen MR) is 228 cm³/mol. The fourth-order valence-corrected chi connectivity index (χ4v) is 9.56. The lowest BCUT2D eigenvalue weighted by molar-refractivity contribution is 0.481. The SMILES string of the molecule is Oc1ccc(C2(c3ccc(O)c4ccccc34)c3cc(-c4cccc5ccccc45)ccc3-c3ccc(-c4cccc5ccccc45)cc32)c2ccccc12. The Hall–Kier alpha value is -7.16. The van der Waals surface area contributed by atoms with E-state index in [1.165, 1.54) is 32.7 Å². The number of phenolic OH excluding ortho intramolecular Hbond substituents is 2. The number of rotatable bonds is 4. The molecule has 0 atom stereocenters. The third-order valence-electron chi connectivity index (χ3n) is 11.9. The molecule has 0 unspecified atom stereocenters. The lowest BCUT2D eigenvalue weighted by Crippen LogP contribution is -2.29. The fourth-order valence-electron chi connectivity index (χ4n) is 9.56. The van der Waals surface area contributed by atoms with Crippen LogP contribution in [0.5, 0.6) is 11.5 Å². The number of fused-ring (bicyclic) bond motifs is 7. The minimum atomic E-state index is -0.855. The molecule has 2 N–H and O–H groups in total. The van der Waals surface area contributed by atoms with Gasteiger partial charge in [-0.2, -0.15) is 0 Å². The Bertz CT molecular complexity index is 2960. The molecule has 0 saturated heterocycles. The summed E-state index contributed by atoms with van der Waals surface area (Å²) in [6, 6.07) is 68.5. The van der Waals surface area contributed by atoms with Crippen LogP contribution in [0.2, 0.25) is 0 Å². The molecule has 1 aliphatic carbocycles. The maximum absolute atomic E-state index is 11.3. The number of aromatic hydroxyl groups is 2. The van der Waals surface area contributed by atoms with Crippen molar-refractivity contribution in [2.75, 3.05) is 0 Å². The zero-order valence-electron chi connectivity index (χ0n) is 29.9. The molecule has 55 heavy (non-hydrogen) atoms. The van der Waals surface area contributed by atoms with Gasteiger partial charge in [-0.15, -0.1) is 0 Å². The van der Waals surface area contributed by atoms with Crippen LogP contribution in [0.3, 0.4) is 0 Å². The average Bonchev–Trinajstić information content (AvgIpc) is 3.53. The van der Waals surface area contributed by atoms with E-state index in [1.54, 1.807) is 0 Å². The third kappa shape index (κ3) is 4.49. The van der Waals surface area contributed by atoms with Gasteiger partial charge in [0, 0.05) is 10.8 Å². The Morgan fingerprint density at radius 2 is 0.655 bits per heavy atom. The molecule has 10 aromatic carbocycles. The van der Waals surface area contributed by atoms with Crippen molar-refractivity contribution in [3.8, 4) is 44.9 Å². The van der Waals surface area contributed by atoms with E-state index in [9.17, 15) is 10.2 Å². The van der Waals surface area contributed by atoms with Gasteiger partial charge in [-0.05, 0) is 112 Å². The maximum atomic E-state index is 11.3. The fraction of sp³-hybridized carbons (Fsp3) is 0.0189. The minimum Gasteiger partial charge on any atom is -0.507 e. The molecule has 0 fully saturated rings. The molecule has 0 spiro atoms. The van der Waals surface area contributed by atoms with Gasteiger partial charge in [-0.25, -0.2) is 0 Å². The van der Waals surface area contributed by atoms with Crippen LogP contribution < -0.4 is 0 Å². The molecule has 0 aromatic heterocycles. The van der Waals surface area contributed by atoms with Crippen LogP contribution in [0.25, 0.3) is 76.5 Å². The molecule has 258 valence electrons. The van der Waals surface area contributed by atoms with E-state index in [1.807, 2.05) is 36.4 Å². The largest absolute Gasteiger partial charge is 0.507 e. The molecule has 10 aromatic rings. The van der Waals surface area contributed by atoms with E-state index in [-0.39, 0.29) is 11.5 Å². The van der Waals surface area contributed by atoms with Crippen molar-refractivity contribution >= 4 is 43.1 Å². The van der Waals surface area contributed by atoms with Gasteiger partial charge >= 0.3 is 0 Å². The first-order valence-electron chi connectivity index (χ1n) is 18.8. The number of phenols is 2. The second-order valence-corrected chi connectivity index (χ2v) is 14.7. The van der Waals surface area contributed by atoms with Gasteiger partial charge in [0.2, 0.25) is 0 Å². The van der Waals surface area contributed by atoms with Crippen molar-refractivity contribution in [2.24, 2.45) is 0 Å². The highest BCUT2D eigenvalue weighted by Crippen LogP contribution is 2.60. The normalized spacial score (nSPS) is 13.0. The first-order valence-corrected chi connectivity index (χ1v) is 18.8. The second kappa shape index (κ2) is 11.9. The summed E-state index contributed by atoms with van der Waals surface area (Å²) in [7, 11) is 0. The lowest BCUT2D eigenvalue weighted by Gasteiger charge is -2.36. The van der Waals surface area contributed by atoms with Gasteiger partial charge in [0.1, 0.15) is 11.5 Å². The lowest BCUT2D eigenvalue weighted by atomic mass is 9.65. The predicted octanol–water partition coefficient (Wildman–Crippen LogP) is 13.4. The van der Waals surface area contributed by atoms with Crippen molar-refractivity contribution in [3.05, 3.63) is 216 Å². The molecule has 0 aliphatic heterocycles. The van der Waals surface area contributed by atoms with Crippen LogP contribution in [0.4, 0.5) is 0 Å². The smallest absolute Gasteiger partial charge is 0.123 e. The minimum absolute atomic E-state index is 0.248. The van der Waals surface area contributed by atoms with Gasteiger partial charge in [0.25, 0.3) is 0 Å². The van der Waals surface area contributed by atoms with Gasteiger partial charge < -0.3 is 10.2 Å². The molecule has 0 saturated carbocycles.